The van der Waals surface area contributed by atoms with Gasteiger partial charge in [-0.1, -0.05) is 0 Å². The fourth-order valence-corrected chi connectivity index (χ4v) is 1.42. The van der Waals surface area contributed by atoms with Gasteiger partial charge in [-0.3, -0.25) is 4.98 Å². The van der Waals surface area contributed by atoms with E-state index in [2.05, 4.69) is 4.98 Å². The third kappa shape index (κ3) is 1.88. The van der Waals surface area contributed by atoms with Gasteiger partial charge in [0, 0.05) is 6.20 Å². The van der Waals surface area contributed by atoms with Crippen molar-refractivity contribution in [2.45, 2.75) is 13.2 Å². The lowest BCUT2D eigenvalue weighted by Crippen LogP contribution is -2.22. The molecule has 1 fully saturated rings. The van der Waals surface area contributed by atoms with Crippen LogP contribution in [-0.2, 0) is 9.47 Å². The van der Waals surface area contributed by atoms with Crippen LogP contribution in [0.4, 0.5) is 4.39 Å². The molecule has 0 aliphatic carbocycles. The van der Waals surface area contributed by atoms with Gasteiger partial charge in [0.25, 0.3) is 0 Å². The maximum atomic E-state index is 13.7. The first-order chi connectivity index (χ1) is 7.24. The smallest absolute Gasteiger partial charge is 0.328 e. The van der Waals surface area contributed by atoms with Gasteiger partial charge in [0.2, 0.25) is 6.29 Å². The molecule has 1 N–H and O–H groups in total. The van der Waals surface area contributed by atoms with Gasteiger partial charge in [-0.15, -0.1) is 0 Å². The second-order valence-corrected chi connectivity index (χ2v) is 3.24. The molecule has 1 aliphatic rings. The Bertz CT molecular complexity index is 369. The summed E-state index contributed by atoms with van der Waals surface area (Å²) in [7, 11) is 0.825. The van der Waals surface area contributed by atoms with Crippen LogP contribution in [0.2, 0.25) is 0 Å². The van der Waals surface area contributed by atoms with Crippen molar-refractivity contribution in [1.82, 2.24) is 4.98 Å². The lowest BCUT2D eigenvalue weighted by atomic mass is 9.86. The van der Waals surface area contributed by atoms with Crippen molar-refractivity contribution < 1.29 is 18.9 Å². The molecule has 2 heterocycles. The Balaban J connectivity index is 2.36. The minimum atomic E-state index is -0.726. The molecule has 0 spiro atoms. The molecule has 0 amide bonds. The van der Waals surface area contributed by atoms with Crippen LogP contribution in [0.3, 0.4) is 0 Å². The number of hydrogen-bond donors (Lipinski definition) is 1. The van der Waals surface area contributed by atoms with Crippen molar-refractivity contribution in [3.8, 4) is 0 Å². The molecule has 1 aliphatic heterocycles. The van der Waals surface area contributed by atoms with E-state index in [9.17, 15) is 4.39 Å². The van der Waals surface area contributed by atoms with Crippen molar-refractivity contribution in [1.29, 1.82) is 0 Å². The first-order valence-electron chi connectivity index (χ1n) is 4.59. The Kier molecular flexibility index (Phi) is 2.99. The topological polar surface area (TPSA) is 51.6 Å². The molecule has 0 atom stereocenters. The molecule has 79 valence electrons. The summed E-state index contributed by atoms with van der Waals surface area (Å²) in [5.74, 6) is -0.496. The van der Waals surface area contributed by atoms with Crippen molar-refractivity contribution in [2.75, 3.05) is 13.2 Å². The Hall–Kier alpha value is -0.975. The molecular formula is C9H10BFNO3. The lowest BCUT2D eigenvalue weighted by Gasteiger charge is -2.12. The summed E-state index contributed by atoms with van der Waals surface area (Å²) in [5, 5.41) is 8.80. The van der Waals surface area contributed by atoms with E-state index in [1.54, 1.807) is 6.92 Å². The number of ether oxygens (including phenoxy) is 2. The number of nitrogens with zero attached hydrogens (tertiary/aromatic N) is 1. The average molecular weight is 210 g/mol. The molecule has 0 unspecified atom stereocenters. The van der Waals surface area contributed by atoms with Gasteiger partial charge in [-0.2, -0.15) is 0 Å². The Labute approximate surface area is 87.3 Å². The molecule has 0 bridgehead atoms. The summed E-state index contributed by atoms with van der Waals surface area (Å²) in [5.41, 5.74) is 0.825. The van der Waals surface area contributed by atoms with Gasteiger partial charge in [-0.25, -0.2) is 4.39 Å². The molecule has 1 aromatic rings. The third-order valence-electron chi connectivity index (χ3n) is 2.31. The van der Waals surface area contributed by atoms with Crippen LogP contribution in [0.1, 0.15) is 17.5 Å². The summed E-state index contributed by atoms with van der Waals surface area (Å²) in [6.07, 6.45) is 0.662. The Morgan fingerprint density at radius 2 is 2.20 bits per heavy atom. The van der Waals surface area contributed by atoms with Crippen LogP contribution in [0.15, 0.2) is 6.20 Å². The van der Waals surface area contributed by atoms with Gasteiger partial charge in [0.05, 0.1) is 13.2 Å². The molecule has 1 aromatic heterocycles. The lowest BCUT2D eigenvalue weighted by molar-refractivity contribution is -0.0498. The molecule has 0 saturated carbocycles. The summed E-state index contributed by atoms with van der Waals surface area (Å²) in [4.78, 5) is 3.88. The standard InChI is InChI=1S/C9H10BFNO3/c1-5-6(10-13)4-12-8(7(5)11)9-14-2-3-15-9/h4,9,13H,2-3H2,1H3. The van der Waals surface area contributed by atoms with Gasteiger partial charge < -0.3 is 14.5 Å². The number of hydrogen-bond acceptors (Lipinski definition) is 4. The summed E-state index contributed by atoms with van der Waals surface area (Å²) in [6, 6.07) is 0. The highest BCUT2D eigenvalue weighted by Gasteiger charge is 2.25. The highest BCUT2D eigenvalue weighted by atomic mass is 19.1. The highest BCUT2D eigenvalue weighted by molar-refractivity contribution is 6.46. The third-order valence-corrected chi connectivity index (χ3v) is 2.31. The summed E-state index contributed by atoms with van der Waals surface area (Å²) >= 11 is 0. The Morgan fingerprint density at radius 3 is 2.80 bits per heavy atom. The minimum Gasteiger partial charge on any atom is -0.450 e. The van der Waals surface area contributed by atoms with E-state index in [0.717, 1.165) is 7.48 Å². The zero-order chi connectivity index (χ0) is 10.8. The van der Waals surface area contributed by atoms with E-state index in [-0.39, 0.29) is 5.69 Å². The second-order valence-electron chi connectivity index (χ2n) is 3.24. The molecule has 4 nitrogen and oxygen atoms in total. The van der Waals surface area contributed by atoms with Crippen LogP contribution in [0, 0.1) is 12.7 Å². The van der Waals surface area contributed by atoms with Crippen LogP contribution < -0.4 is 5.46 Å². The molecule has 1 saturated heterocycles. The first-order valence-corrected chi connectivity index (χ1v) is 4.59. The van der Waals surface area contributed by atoms with E-state index >= 15 is 0 Å². The quantitative estimate of drug-likeness (QED) is 0.687. The monoisotopic (exact) mass is 210 g/mol. The summed E-state index contributed by atoms with van der Waals surface area (Å²) in [6.45, 7) is 2.45. The van der Waals surface area contributed by atoms with E-state index in [0.29, 0.717) is 24.2 Å². The van der Waals surface area contributed by atoms with Crippen LogP contribution in [0.25, 0.3) is 0 Å². The van der Waals surface area contributed by atoms with Gasteiger partial charge >= 0.3 is 7.48 Å². The molecular weight excluding hydrogens is 200 g/mol. The average Bonchev–Trinajstić information content (AvgIpc) is 2.75. The number of pyridine rings is 1. The van der Waals surface area contributed by atoms with Crippen LogP contribution >= 0.6 is 0 Å². The van der Waals surface area contributed by atoms with Crippen LogP contribution in [-0.4, -0.2) is 30.7 Å². The van der Waals surface area contributed by atoms with Gasteiger partial charge in [0.15, 0.2) is 5.82 Å². The van der Waals surface area contributed by atoms with E-state index in [1.165, 1.54) is 6.20 Å². The fraction of sp³-hybridized carbons (Fsp3) is 0.444. The fourth-order valence-electron chi connectivity index (χ4n) is 1.42. The maximum Gasteiger partial charge on any atom is 0.328 e. The van der Waals surface area contributed by atoms with E-state index in [1.807, 2.05) is 0 Å². The number of halogens is 1. The second kappa shape index (κ2) is 4.26. The Morgan fingerprint density at radius 1 is 1.53 bits per heavy atom. The van der Waals surface area contributed by atoms with Gasteiger partial charge in [0.1, 0.15) is 5.69 Å². The predicted octanol–water partition coefficient (Wildman–Crippen LogP) is -0.189. The summed E-state index contributed by atoms with van der Waals surface area (Å²) < 4.78 is 24.0. The predicted molar refractivity (Wildman–Crippen MR) is 51.2 cm³/mol. The van der Waals surface area contributed by atoms with E-state index < -0.39 is 12.1 Å². The number of aromatic nitrogens is 1. The molecule has 15 heavy (non-hydrogen) atoms. The van der Waals surface area contributed by atoms with Crippen molar-refractivity contribution in [2.24, 2.45) is 0 Å². The van der Waals surface area contributed by atoms with Gasteiger partial charge in [-0.05, 0) is 17.9 Å². The highest BCUT2D eigenvalue weighted by Crippen LogP contribution is 2.24. The number of rotatable bonds is 2. The normalized spacial score (nSPS) is 17.0. The molecule has 6 heteroatoms. The van der Waals surface area contributed by atoms with Crippen LogP contribution in [0.5, 0.6) is 0 Å². The zero-order valence-corrected chi connectivity index (χ0v) is 8.24. The maximum absolute atomic E-state index is 13.7. The van der Waals surface area contributed by atoms with E-state index in [4.69, 9.17) is 14.5 Å². The van der Waals surface area contributed by atoms with Crippen molar-refractivity contribution >= 4 is 12.9 Å². The SMILES string of the molecule is Cc1c([B]O)cnc(C2OCCO2)c1F. The van der Waals surface area contributed by atoms with Crippen molar-refractivity contribution in [3.05, 3.63) is 23.3 Å². The largest absolute Gasteiger partial charge is 0.450 e. The molecule has 1 radical (unpaired) electrons. The zero-order valence-electron chi connectivity index (χ0n) is 8.24. The minimum absolute atomic E-state index is 0.135. The molecule has 0 aromatic carbocycles. The van der Waals surface area contributed by atoms with Crippen molar-refractivity contribution in [3.63, 3.8) is 0 Å². The first kappa shape index (κ1) is 10.5. The molecule has 2 rings (SSSR count).